The summed E-state index contributed by atoms with van der Waals surface area (Å²) < 4.78 is 12.8. The minimum atomic E-state index is -0.983. The van der Waals surface area contributed by atoms with Gasteiger partial charge in [0, 0.05) is 31.2 Å². The van der Waals surface area contributed by atoms with E-state index in [0.717, 1.165) is 20.1 Å². The maximum atomic E-state index is 12.4. The van der Waals surface area contributed by atoms with E-state index in [2.05, 4.69) is 37.2 Å². The molecule has 0 bridgehead atoms. The van der Waals surface area contributed by atoms with E-state index in [1.54, 1.807) is 24.3 Å². The highest BCUT2D eigenvalue weighted by molar-refractivity contribution is 9.10. The van der Waals surface area contributed by atoms with Gasteiger partial charge in [0.25, 0.3) is 5.91 Å². The van der Waals surface area contributed by atoms with Gasteiger partial charge in [-0.25, -0.2) is 4.79 Å². The van der Waals surface area contributed by atoms with Crippen LogP contribution in [0.3, 0.4) is 0 Å². The smallest absolute Gasteiger partial charge is 0.331 e. The van der Waals surface area contributed by atoms with Crippen LogP contribution in [-0.2, 0) is 20.9 Å². The number of hydrogen-bond acceptors (Lipinski definition) is 4. The van der Waals surface area contributed by atoms with Crippen LogP contribution in [0.15, 0.2) is 75.7 Å². The number of anilines is 1. The van der Waals surface area contributed by atoms with Gasteiger partial charge in [0.1, 0.15) is 12.4 Å². The molecule has 0 aliphatic rings. The Hall–Kier alpha value is -2.61. The lowest BCUT2D eigenvalue weighted by molar-refractivity contribution is -0.148. The van der Waals surface area contributed by atoms with Crippen molar-refractivity contribution < 1.29 is 19.1 Å². The highest BCUT2D eigenvalue weighted by Crippen LogP contribution is 2.27. The number of amides is 1. The highest BCUT2D eigenvalue weighted by atomic mass is 79.9. The number of esters is 1. The minimum Gasteiger partial charge on any atom is -0.488 e. The van der Waals surface area contributed by atoms with Gasteiger partial charge in [-0.15, -0.1) is 0 Å². The first-order valence-electron chi connectivity index (χ1n) is 10.3. The molecule has 1 N–H and O–H groups in total. The Morgan fingerprint density at radius 1 is 1.09 bits per heavy atom. The summed E-state index contributed by atoms with van der Waals surface area (Å²) >= 11 is 13.0. The van der Waals surface area contributed by atoms with Crippen LogP contribution in [0.5, 0.6) is 5.75 Å². The molecule has 34 heavy (non-hydrogen) atoms. The topological polar surface area (TPSA) is 64.6 Å². The van der Waals surface area contributed by atoms with Crippen molar-refractivity contribution in [2.75, 3.05) is 5.32 Å². The van der Waals surface area contributed by atoms with Crippen LogP contribution >= 0.6 is 43.5 Å². The molecule has 1 amide bonds. The SMILES string of the molecule is Cc1ccc(NC(=O)C(C)OC(=O)/C=C/c2cc(Br)ccc2OCc2ccccc2Cl)c(Br)c1. The van der Waals surface area contributed by atoms with E-state index in [4.69, 9.17) is 21.1 Å². The Bertz CT molecular complexity index is 1230. The van der Waals surface area contributed by atoms with E-state index in [-0.39, 0.29) is 6.61 Å². The van der Waals surface area contributed by atoms with Crippen molar-refractivity contribution in [3.05, 3.63) is 97.4 Å². The van der Waals surface area contributed by atoms with Gasteiger partial charge in [0.05, 0.1) is 5.69 Å². The number of nitrogens with one attached hydrogen (secondary N) is 1. The molecule has 0 aromatic heterocycles. The van der Waals surface area contributed by atoms with Gasteiger partial charge in [-0.05, 0) is 77.8 Å². The van der Waals surface area contributed by atoms with Crippen molar-refractivity contribution in [3.63, 3.8) is 0 Å². The maximum Gasteiger partial charge on any atom is 0.331 e. The van der Waals surface area contributed by atoms with Crippen LogP contribution in [0.2, 0.25) is 5.02 Å². The molecule has 0 saturated carbocycles. The molecule has 1 atom stereocenters. The summed E-state index contributed by atoms with van der Waals surface area (Å²) in [7, 11) is 0. The Morgan fingerprint density at radius 3 is 2.59 bits per heavy atom. The molecule has 0 spiro atoms. The minimum absolute atomic E-state index is 0.276. The molecule has 0 fully saturated rings. The molecule has 0 saturated heterocycles. The Morgan fingerprint density at radius 2 is 1.85 bits per heavy atom. The molecule has 5 nitrogen and oxygen atoms in total. The number of rotatable bonds is 8. The number of aryl methyl sites for hydroxylation is 1. The normalized spacial score (nSPS) is 11.8. The summed E-state index contributed by atoms with van der Waals surface area (Å²) in [5.41, 5.74) is 3.17. The average molecular weight is 608 g/mol. The summed E-state index contributed by atoms with van der Waals surface area (Å²) in [6.45, 7) is 3.74. The summed E-state index contributed by atoms with van der Waals surface area (Å²) in [5, 5.41) is 3.36. The first-order chi connectivity index (χ1) is 16.2. The van der Waals surface area contributed by atoms with Crippen molar-refractivity contribution in [1.82, 2.24) is 0 Å². The molecule has 8 heteroatoms. The van der Waals surface area contributed by atoms with Gasteiger partial charge < -0.3 is 14.8 Å². The number of hydrogen-bond donors (Lipinski definition) is 1. The molecule has 0 radical (unpaired) electrons. The van der Waals surface area contributed by atoms with Gasteiger partial charge >= 0.3 is 5.97 Å². The maximum absolute atomic E-state index is 12.4. The Balaban J connectivity index is 1.62. The zero-order chi connectivity index (χ0) is 24.7. The number of carbonyl (C=O) groups excluding carboxylic acids is 2. The molecule has 0 aliphatic carbocycles. The largest absolute Gasteiger partial charge is 0.488 e. The van der Waals surface area contributed by atoms with Crippen LogP contribution in [0.1, 0.15) is 23.6 Å². The molecular formula is C26H22Br2ClNO4. The number of benzene rings is 3. The van der Waals surface area contributed by atoms with Gasteiger partial charge in [-0.2, -0.15) is 0 Å². The van der Waals surface area contributed by atoms with E-state index in [0.29, 0.717) is 22.0 Å². The monoisotopic (exact) mass is 605 g/mol. The second kappa shape index (κ2) is 12.2. The number of halogens is 3. The second-order valence-corrected chi connectivity index (χ2v) is 9.62. The van der Waals surface area contributed by atoms with Crippen molar-refractivity contribution >= 4 is 67.1 Å². The van der Waals surface area contributed by atoms with E-state index in [1.165, 1.54) is 13.0 Å². The third-order valence-corrected chi connectivity index (χ3v) is 6.27. The van der Waals surface area contributed by atoms with Gasteiger partial charge in [-0.3, -0.25) is 4.79 Å². The molecule has 0 aliphatic heterocycles. The first kappa shape index (κ1) is 26.0. The quantitative estimate of drug-likeness (QED) is 0.215. The van der Waals surface area contributed by atoms with E-state index in [9.17, 15) is 9.59 Å². The van der Waals surface area contributed by atoms with Crippen molar-refractivity contribution in [1.29, 1.82) is 0 Å². The molecule has 3 aromatic carbocycles. The lowest BCUT2D eigenvalue weighted by atomic mass is 10.2. The average Bonchev–Trinajstić information content (AvgIpc) is 2.79. The second-order valence-electron chi connectivity index (χ2n) is 7.45. The molecule has 176 valence electrons. The lowest BCUT2D eigenvalue weighted by Crippen LogP contribution is -2.29. The third-order valence-electron chi connectivity index (χ3n) is 4.76. The number of carbonyl (C=O) groups is 2. The molecule has 3 rings (SSSR count). The molecule has 3 aromatic rings. The summed E-state index contributed by atoms with van der Waals surface area (Å²) in [6, 6.07) is 18.4. The van der Waals surface area contributed by atoms with Crippen molar-refractivity contribution in [2.45, 2.75) is 26.6 Å². The van der Waals surface area contributed by atoms with Crippen LogP contribution in [-0.4, -0.2) is 18.0 Å². The Labute approximate surface area is 220 Å². The zero-order valence-electron chi connectivity index (χ0n) is 18.5. The fourth-order valence-electron chi connectivity index (χ4n) is 2.93. The van der Waals surface area contributed by atoms with Crippen LogP contribution in [0.25, 0.3) is 6.08 Å². The third kappa shape index (κ3) is 7.45. The first-order valence-corrected chi connectivity index (χ1v) is 12.3. The fraction of sp³-hybridized carbons (Fsp3) is 0.154. The van der Waals surface area contributed by atoms with E-state index >= 15 is 0 Å². The van der Waals surface area contributed by atoms with Crippen LogP contribution < -0.4 is 10.1 Å². The van der Waals surface area contributed by atoms with E-state index in [1.807, 2.05) is 49.4 Å². The van der Waals surface area contributed by atoms with Gasteiger partial charge in [0.2, 0.25) is 0 Å². The standard InChI is InChI=1S/C26H22Br2ClNO4/c1-16-7-10-23(21(28)13-16)30-26(32)17(2)34-25(31)12-8-18-14-20(27)9-11-24(18)33-15-19-5-3-4-6-22(19)29/h3-14,17H,15H2,1-2H3,(H,30,32)/b12-8+. The van der Waals surface area contributed by atoms with Crippen molar-refractivity contribution in [2.24, 2.45) is 0 Å². The lowest BCUT2D eigenvalue weighted by Gasteiger charge is -2.14. The van der Waals surface area contributed by atoms with Crippen LogP contribution in [0, 0.1) is 6.92 Å². The molecule has 1 unspecified atom stereocenters. The molecule has 0 heterocycles. The Kier molecular flexibility index (Phi) is 9.33. The van der Waals surface area contributed by atoms with Crippen LogP contribution in [0.4, 0.5) is 5.69 Å². The van der Waals surface area contributed by atoms with E-state index < -0.39 is 18.0 Å². The summed E-state index contributed by atoms with van der Waals surface area (Å²) in [5.74, 6) is -0.512. The summed E-state index contributed by atoms with van der Waals surface area (Å²) in [6.07, 6.45) is 1.86. The molecular weight excluding hydrogens is 586 g/mol. The predicted molar refractivity (Wildman–Crippen MR) is 142 cm³/mol. The number of ether oxygens (including phenoxy) is 2. The zero-order valence-corrected chi connectivity index (χ0v) is 22.4. The van der Waals surface area contributed by atoms with Crippen molar-refractivity contribution in [3.8, 4) is 5.75 Å². The predicted octanol–water partition coefficient (Wildman–Crippen LogP) is 7.34. The summed E-state index contributed by atoms with van der Waals surface area (Å²) in [4.78, 5) is 24.8. The van der Waals surface area contributed by atoms with Gasteiger partial charge in [-0.1, -0.05) is 51.8 Å². The highest BCUT2D eigenvalue weighted by Gasteiger charge is 2.18. The fourth-order valence-corrected chi connectivity index (χ4v) is 4.09. The van der Waals surface area contributed by atoms with Gasteiger partial charge in [0.15, 0.2) is 6.10 Å².